The highest BCUT2D eigenvalue weighted by Crippen LogP contribution is 2.43. The number of esters is 3. The summed E-state index contributed by atoms with van der Waals surface area (Å²) in [7, 11) is -4.77. The number of carbonyl (C=O) groups excluding carboxylic acids is 3. The van der Waals surface area contributed by atoms with E-state index >= 15 is 0 Å². The zero-order chi connectivity index (χ0) is 54.1. The van der Waals surface area contributed by atoms with Gasteiger partial charge >= 0.3 is 25.7 Å². The van der Waals surface area contributed by atoms with Gasteiger partial charge in [0, 0.05) is 19.3 Å². The van der Waals surface area contributed by atoms with Crippen molar-refractivity contribution in [1.29, 1.82) is 0 Å². The van der Waals surface area contributed by atoms with Crippen molar-refractivity contribution in [1.82, 2.24) is 0 Å². The fourth-order valence-corrected chi connectivity index (χ4v) is 8.63. The first-order valence-electron chi connectivity index (χ1n) is 29.5. The lowest BCUT2D eigenvalue weighted by atomic mass is 10.0. The first-order chi connectivity index (χ1) is 36.2. The van der Waals surface area contributed by atoms with Gasteiger partial charge in [0.2, 0.25) is 0 Å². The Morgan fingerprint density at radius 3 is 1.16 bits per heavy atom. The second-order valence-electron chi connectivity index (χ2n) is 19.4. The first-order valence-corrected chi connectivity index (χ1v) is 31.0. The third-order valence-electron chi connectivity index (χ3n) is 12.3. The van der Waals surface area contributed by atoms with Gasteiger partial charge in [0.1, 0.15) is 12.7 Å². The van der Waals surface area contributed by atoms with Crippen molar-refractivity contribution in [2.75, 3.05) is 26.4 Å². The number of rotatable bonds is 54. The number of hydrogen-bond donors (Lipinski definition) is 2. The minimum Gasteiger partial charge on any atom is -0.462 e. The van der Waals surface area contributed by atoms with Crippen molar-refractivity contribution in [3.8, 4) is 0 Å². The Labute approximate surface area is 451 Å². The van der Waals surface area contributed by atoms with Gasteiger partial charge < -0.3 is 24.2 Å². The van der Waals surface area contributed by atoms with E-state index in [1.54, 1.807) is 0 Å². The number of unbranched alkanes of at least 4 members (excludes halogenated alkanes) is 23. The van der Waals surface area contributed by atoms with Crippen LogP contribution in [-0.2, 0) is 42.2 Å². The van der Waals surface area contributed by atoms with Crippen LogP contribution in [-0.4, -0.2) is 66.5 Å². The molecular formula is C62H107O11P. The fourth-order valence-electron chi connectivity index (χ4n) is 7.85. The molecule has 0 spiro atoms. The Kier molecular flexibility index (Phi) is 53.4. The monoisotopic (exact) mass is 1060 g/mol. The van der Waals surface area contributed by atoms with Crippen LogP contribution in [0.3, 0.4) is 0 Å². The highest BCUT2D eigenvalue weighted by molar-refractivity contribution is 7.47. The predicted molar refractivity (Wildman–Crippen MR) is 307 cm³/mol. The molecule has 0 aliphatic heterocycles. The molecule has 3 unspecified atom stereocenters. The third kappa shape index (κ3) is 53.5. The molecule has 0 fully saturated rings. The Morgan fingerprint density at radius 1 is 0.392 bits per heavy atom. The molecule has 0 aromatic heterocycles. The summed E-state index contributed by atoms with van der Waals surface area (Å²) < 4.78 is 39.4. The maximum Gasteiger partial charge on any atom is 0.472 e. The van der Waals surface area contributed by atoms with Crippen LogP contribution in [0.25, 0.3) is 0 Å². The number of hydrogen-bond acceptors (Lipinski definition) is 10. The standard InChI is InChI=1S/C62H107O11P/c1-4-7-10-13-16-19-22-25-27-28-29-30-32-35-38-41-44-47-50-53-62(66)73-59(55-69-60(64)51-48-45-42-39-36-33-24-21-18-15-12-9-6-3)57-71-74(67,68)70-56-58(54-63)72-61(65)52-49-46-43-40-37-34-31-26-23-20-17-14-11-8-5-2/h7,10,16,19,25-27,29-31,35,38,44,47,58-59,63H,4-6,8-9,11-15,17-18,20-24,28,32-34,36-37,39-43,45-46,48-57H2,1-3H3,(H,67,68)/b10-7-,19-16-,27-25-,30-29-,31-26-,38-35-,47-44-. The molecule has 74 heavy (non-hydrogen) atoms. The maximum atomic E-state index is 12.9. The van der Waals surface area contributed by atoms with Crippen LogP contribution in [0.15, 0.2) is 85.1 Å². The Bertz CT molecular complexity index is 1560. The summed E-state index contributed by atoms with van der Waals surface area (Å²) >= 11 is 0. The van der Waals surface area contributed by atoms with Crippen molar-refractivity contribution >= 4 is 25.7 Å². The molecule has 0 saturated carbocycles. The molecule has 0 rings (SSSR count). The predicted octanol–water partition coefficient (Wildman–Crippen LogP) is 17.5. The molecule has 0 amide bonds. The molecule has 12 heteroatoms. The van der Waals surface area contributed by atoms with E-state index in [9.17, 15) is 28.9 Å². The van der Waals surface area contributed by atoms with Crippen LogP contribution in [0.4, 0.5) is 0 Å². The summed E-state index contributed by atoms with van der Waals surface area (Å²) in [5.41, 5.74) is 0. The number of phosphoric ester groups is 1. The lowest BCUT2D eigenvalue weighted by Crippen LogP contribution is -2.30. The number of allylic oxidation sites excluding steroid dienone is 14. The van der Waals surface area contributed by atoms with Crippen molar-refractivity contribution in [2.24, 2.45) is 0 Å². The lowest BCUT2D eigenvalue weighted by Gasteiger charge is -2.21. The second-order valence-corrected chi connectivity index (χ2v) is 20.9. The molecule has 0 aromatic carbocycles. The fraction of sp³-hybridized carbons (Fsp3) is 0.726. The topological polar surface area (TPSA) is 155 Å². The van der Waals surface area contributed by atoms with E-state index in [0.29, 0.717) is 25.7 Å². The molecule has 3 atom stereocenters. The molecule has 0 aliphatic rings. The summed E-state index contributed by atoms with van der Waals surface area (Å²) in [5, 5.41) is 9.82. The van der Waals surface area contributed by atoms with Gasteiger partial charge in [-0.2, -0.15) is 0 Å². The van der Waals surface area contributed by atoms with Crippen LogP contribution in [0.1, 0.15) is 252 Å². The second kappa shape index (κ2) is 55.9. The van der Waals surface area contributed by atoms with Gasteiger partial charge in [-0.3, -0.25) is 23.4 Å². The van der Waals surface area contributed by atoms with Crippen LogP contribution < -0.4 is 0 Å². The zero-order valence-corrected chi connectivity index (χ0v) is 47.9. The smallest absolute Gasteiger partial charge is 0.462 e. The van der Waals surface area contributed by atoms with Gasteiger partial charge in [0.15, 0.2) is 6.10 Å². The lowest BCUT2D eigenvalue weighted by molar-refractivity contribution is -0.161. The number of ether oxygens (including phenoxy) is 3. The summed E-state index contributed by atoms with van der Waals surface area (Å²) in [6.45, 7) is 4.44. The average molecular weight is 1060 g/mol. The van der Waals surface area contributed by atoms with E-state index in [1.807, 2.05) is 12.2 Å². The normalized spacial score (nSPS) is 14.0. The number of carbonyl (C=O) groups is 3. The Morgan fingerprint density at radius 2 is 0.730 bits per heavy atom. The van der Waals surface area contributed by atoms with E-state index in [-0.39, 0.29) is 25.9 Å². The van der Waals surface area contributed by atoms with Crippen molar-refractivity contribution in [2.45, 2.75) is 264 Å². The van der Waals surface area contributed by atoms with E-state index < -0.39 is 57.8 Å². The Balaban J connectivity index is 4.82. The molecular weight excluding hydrogens is 952 g/mol. The number of phosphoric acid groups is 1. The molecule has 2 N–H and O–H groups in total. The minimum absolute atomic E-state index is 0.0411. The summed E-state index contributed by atoms with van der Waals surface area (Å²) in [6.07, 6.45) is 64.1. The molecule has 0 aromatic rings. The van der Waals surface area contributed by atoms with E-state index in [4.69, 9.17) is 23.3 Å². The molecule has 0 radical (unpaired) electrons. The van der Waals surface area contributed by atoms with Gasteiger partial charge in [-0.25, -0.2) is 4.57 Å². The van der Waals surface area contributed by atoms with Crippen molar-refractivity contribution < 1.29 is 52.2 Å². The quantitative estimate of drug-likeness (QED) is 0.0197. The largest absolute Gasteiger partial charge is 0.472 e. The van der Waals surface area contributed by atoms with Crippen LogP contribution in [0.5, 0.6) is 0 Å². The highest BCUT2D eigenvalue weighted by atomic mass is 31.2. The van der Waals surface area contributed by atoms with Gasteiger partial charge in [0.25, 0.3) is 0 Å². The summed E-state index contributed by atoms with van der Waals surface area (Å²) in [6, 6.07) is 0. The Hall–Kier alpha value is -3.34. The third-order valence-corrected chi connectivity index (χ3v) is 13.3. The number of aliphatic hydroxyl groups is 1. The van der Waals surface area contributed by atoms with Crippen LogP contribution >= 0.6 is 7.82 Å². The molecule has 0 saturated heterocycles. The van der Waals surface area contributed by atoms with E-state index in [2.05, 4.69) is 93.7 Å². The van der Waals surface area contributed by atoms with Gasteiger partial charge in [-0.1, -0.05) is 234 Å². The number of aliphatic hydroxyl groups excluding tert-OH is 1. The SMILES string of the molecule is CC/C=C\C/C=C\C/C=C\C/C=C\C/C=C\C/C=C\CCC(=O)OC(COC(=O)CCCCCCCCCCCCCCC)COP(=O)(O)OCC(CO)OC(=O)CCCCCCC/C=C\CCCCCCCC. The zero-order valence-electron chi connectivity index (χ0n) is 47.0. The molecule has 0 aliphatic carbocycles. The van der Waals surface area contributed by atoms with Gasteiger partial charge in [0.05, 0.1) is 19.8 Å². The van der Waals surface area contributed by atoms with Crippen LogP contribution in [0, 0.1) is 0 Å². The first kappa shape index (κ1) is 70.7. The van der Waals surface area contributed by atoms with Gasteiger partial charge in [-0.15, -0.1) is 0 Å². The summed E-state index contributed by atoms with van der Waals surface area (Å²) in [4.78, 5) is 48.5. The average Bonchev–Trinajstić information content (AvgIpc) is 3.39. The maximum absolute atomic E-state index is 12.9. The van der Waals surface area contributed by atoms with E-state index in [1.165, 1.54) is 96.3 Å². The van der Waals surface area contributed by atoms with Gasteiger partial charge in [-0.05, 0) is 83.5 Å². The van der Waals surface area contributed by atoms with Crippen LogP contribution in [0.2, 0.25) is 0 Å². The minimum atomic E-state index is -4.77. The van der Waals surface area contributed by atoms with Crippen molar-refractivity contribution in [3.63, 3.8) is 0 Å². The van der Waals surface area contributed by atoms with E-state index in [0.717, 1.165) is 89.9 Å². The highest BCUT2D eigenvalue weighted by Gasteiger charge is 2.28. The molecule has 0 heterocycles. The van der Waals surface area contributed by atoms with Crippen molar-refractivity contribution in [3.05, 3.63) is 85.1 Å². The summed E-state index contributed by atoms with van der Waals surface area (Å²) in [5.74, 6) is -1.57. The molecule has 426 valence electrons. The molecule has 0 bridgehead atoms. The molecule has 11 nitrogen and oxygen atoms in total.